The molecular weight excluding hydrogens is 484 g/mol. The molecule has 7 heteroatoms. The summed E-state index contributed by atoms with van der Waals surface area (Å²) in [4.78, 5) is 2.27. The van der Waals surface area contributed by atoms with Crippen LogP contribution in [0.1, 0.15) is 19.0 Å². The maximum Gasteiger partial charge on any atom is 0.131 e. The number of alkyl halides is 2. The zero-order valence-electron chi connectivity index (χ0n) is 17.1. The molecule has 0 fully saturated rings. The molecule has 5 nitrogen and oxygen atoms in total. The van der Waals surface area contributed by atoms with Crippen molar-refractivity contribution < 1.29 is 13.9 Å². The van der Waals surface area contributed by atoms with Crippen LogP contribution in [0.15, 0.2) is 36.4 Å². The topological polar surface area (TPSA) is 39.0 Å². The van der Waals surface area contributed by atoms with E-state index in [0.29, 0.717) is 13.0 Å². The zero-order valence-corrected chi connectivity index (χ0v) is 19.3. The third-order valence-corrected chi connectivity index (χ3v) is 5.44. The monoisotopic (exact) mass is 511 g/mol. The lowest BCUT2D eigenvalue weighted by Gasteiger charge is -2.23. The van der Waals surface area contributed by atoms with Gasteiger partial charge >= 0.3 is 0 Å². The van der Waals surface area contributed by atoms with Crippen LogP contribution in [0.5, 0.6) is 11.5 Å². The zero-order chi connectivity index (χ0) is 20.8. The molecule has 156 valence electrons. The first kappa shape index (κ1) is 21.7. The van der Waals surface area contributed by atoms with E-state index in [4.69, 9.17) is 14.6 Å². The molecule has 1 aromatic carbocycles. The van der Waals surface area contributed by atoms with Gasteiger partial charge in [-0.15, -0.1) is 0 Å². The van der Waals surface area contributed by atoms with Crippen molar-refractivity contribution in [2.24, 2.45) is 0 Å². The van der Waals surface area contributed by atoms with Crippen LogP contribution < -0.4 is 14.4 Å². The Bertz CT molecular complexity index is 961. The van der Waals surface area contributed by atoms with Gasteiger partial charge in [0.2, 0.25) is 0 Å². The van der Waals surface area contributed by atoms with Crippen LogP contribution >= 0.6 is 22.6 Å². The highest BCUT2D eigenvalue weighted by Crippen LogP contribution is 2.36. The molecule has 2 aromatic heterocycles. The Hall–Kier alpha value is -2.03. The summed E-state index contributed by atoms with van der Waals surface area (Å²) < 4.78 is 26.8. The van der Waals surface area contributed by atoms with Gasteiger partial charge < -0.3 is 14.4 Å². The van der Waals surface area contributed by atoms with Gasteiger partial charge in [0.15, 0.2) is 0 Å². The number of hydrogen-bond donors (Lipinski definition) is 0. The lowest BCUT2D eigenvalue weighted by Crippen LogP contribution is -2.27. The number of anilines is 1. The number of aryl methyl sites for hydroxylation is 1. The second-order valence-electron chi connectivity index (χ2n) is 6.64. The van der Waals surface area contributed by atoms with Crippen molar-refractivity contribution in [3.63, 3.8) is 0 Å². The minimum atomic E-state index is -0.313. The summed E-state index contributed by atoms with van der Waals surface area (Å²) in [5.74, 6) is 1.47. The number of fused-ring (bicyclic) bond motifs is 1. The van der Waals surface area contributed by atoms with Crippen LogP contribution in [0.3, 0.4) is 0 Å². The number of ether oxygens (including phenoxy) is 2. The van der Waals surface area contributed by atoms with Gasteiger partial charge in [-0.1, -0.05) is 35.6 Å². The fraction of sp³-hybridized carbons (Fsp3) is 0.409. The molecule has 0 saturated carbocycles. The molecule has 0 radical (unpaired) electrons. The molecule has 3 rings (SSSR count). The fourth-order valence-electron chi connectivity index (χ4n) is 3.59. The van der Waals surface area contributed by atoms with Gasteiger partial charge in [-0.05, 0) is 37.1 Å². The van der Waals surface area contributed by atoms with Gasteiger partial charge in [-0.25, -0.2) is 4.52 Å². The van der Waals surface area contributed by atoms with Crippen molar-refractivity contribution >= 4 is 33.8 Å². The molecule has 2 heterocycles. The Labute approximate surface area is 184 Å². The van der Waals surface area contributed by atoms with Crippen LogP contribution in [0.2, 0.25) is 0 Å². The molecule has 0 amide bonds. The molecular formula is C22H27FIN3O2. The molecule has 3 aromatic rings. The first-order valence-electron chi connectivity index (χ1n) is 9.78. The maximum atomic E-state index is 12.9. The van der Waals surface area contributed by atoms with E-state index >= 15 is 0 Å². The predicted octanol–water partition coefficient (Wildman–Crippen LogP) is 5.18. The van der Waals surface area contributed by atoms with Crippen molar-refractivity contribution in [3.05, 3.63) is 42.1 Å². The summed E-state index contributed by atoms with van der Waals surface area (Å²) in [7, 11) is 3.30. The van der Waals surface area contributed by atoms with Crippen LogP contribution in [-0.2, 0) is 6.42 Å². The lowest BCUT2D eigenvalue weighted by atomic mass is 10.1. The smallest absolute Gasteiger partial charge is 0.131 e. The number of benzene rings is 1. The quantitative estimate of drug-likeness (QED) is 0.278. The highest BCUT2D eigenvalue weighted by atomic mass is 127. The molecule has 0 spiro atoms. The third-order valence-electron chi connectivity index (χ3n) is 4.95. The number of aromatic nitrogens is 2. The highest BCUT2D eigenvalue weighted by molar-refractivity contribution is 14.1. The Morgan fingerprint density at radius 3 is 2.62 bits per heavy atom. The van der Waals surface area contributed by atoms with Crippen LogP contribution in [0.25, 0.3) is 16.8 Å². The van der Waals surface area contributed by atoms with Crippen LogP contribution in [-0.4, -0.2) is 48.0 Å². The van der Waals surface area contributed by atoms with Gasteiger partial charge in [0.1, 0.15) is 11.5 Å². The van der Waals surface area contributed by atoms with E-state index in [0.717, 1.165) is 57.0 Å². The van der Waals surface area contributed by atoms with E-state index in [9.17, 15) is 4.39 Å². The van der Waals surface area contributed by atoms with Crippen molar-refractivity contribution in [2.75, 3.05) is 43.3 Å². The van der Waals surface area contributed by atoms with Gasteiger partial charge in [0, 0.05) is 29.1 Å². The average Bonchev–Trinajstić information content (AvgIpc) is 3.14. The van der Waals surface area contributed by atoms with E-state index in [1.165, 1.54) is 0 Å². The second-order valence-corrected chi connectivity index (χ2v) is 7.72. The molecule has 0 aliphatic rings. The van der Waals surface area contributed by atoms with Crippen molar-refractivity contribution in [1.82, 2.24) is 9.61 Å². The lowest BCUT2D eigenvalue weighted by molar-refractivity contribution is 0.395. The first-order valence-corrected chi connectivity index (χ1v) is 11.3. The van der Waals surface area contributed by atoms with Gasteiger partial charge in [0.05, 0.1) is 43.5 Å². The number of halogens is 2. The molecule has 0 unspecified atom stereocenters. The minimum absolute atomic E-state index is 0.313. The molecule has 0 atom stereocenters. The van der Waals surface area contributed by atoms with Gasteiger partial charge in [-0.3, -0.25) is 4.39 Å². The number of rotatable bonds is 10. The van der Waals surface area contributed by atoms with E-state index in [1.807, 2.05) is 34.8 Å². The Morgan fingerprint density at radius 1 is 1.14 bits per heavy atom. The SMILES string of the molecule is CCc1nn2c(-c3ccc(OC)cc3OC)cccc2c1N(CCI)CCCF. The predicted molar refractivity (Wildman–Crippen MR) is 125 cm³/mol. The molecule has 0 N–H and O–H groups in total. The third kappa shape index (κ3) is 4.44. The standard InChI is InChI=1S/C22H27FIN3O2/c1-4-18-22(26(14-12-24)13-6-11-23)20-8-5-7-19(27(20)25-18)17-10-9-16(28-2)15-21(17)29-3/h5,7-10,15H,4,6,11-14H2,1-3H3. The number of methoxy groups -OCH3 is 2. The number of nitrogens with zero attached hydrogens (tertiary/aromatic N) is 3. The summed E-state index contributed by atoms with van der Waals surface area (Å²) in [5.41, 5.74) is 5.05. The van der Waals surface area contributed by atoms with Crippen LogP contribution in [0, 0.1) is 0 Å². The molecule has 0 saturated heterocycles. The maximum absolute atomic E-state index is 12.9. The normalized spacial score (nSPS) is 11.1. The van der Waals surface area contributed by atoms with Crippen molar-refractivity contribution in [2.45, 2.75) is 19.8 Å². The summed E-state index contributed by atoms with van der Waals surface area (Å²) in [5, 5.41) is 4.93. The highest BCUT2D eigenvalue weighted by Gasteiger charge is 2.20. The second kappa shape index (κ2) is 10.1. The number of pyridine rings is 1. The number of hydrogen-bond acceptors (Lipinski definition) is 4. The van der Waals surface area contributed by atoms with E-state index < -0.39 is 0 Å². The molecule has 0 bridgehead atoms. The molecule has 0 aliphatic heterocycles. The van der Waals surface area contributed by atoms with Gasteiger partial charge in [-0.2, -0.15) is 5.10 Å². The van der Waals surface area contributed by atoms with E-state index in [2.05, 4.69) is 40.5 Å². The average molecular weight is 511 g/mol. The summed E-state index contributed by atoms with van der Waals surface area (Å²) in [6.45, 7) is 3.35. The van der Waals surface area contributed by atoms with Crippen molar-refractivity contribution in [1.29, 1.82) is 0 Å². The summed E-state index contributed by atoms with van der Waals surface area (Å²) in [6.07, 6.45) is 1.33. The Morgan fingerprint density at radius 2 is 1.97 bits per heavy atom. The first-order chi connectivity index (χ1) is 14.2. The Kier molecular flexibility index (Phi) is 7.57. The van der Waals surface area contributed by atoms with E-state index in [-0.39, 0.29) is 6.67 Å². The largest absolute Gasteiger partial charge is 0.497 e. The molecule has 0 aliphatic carbocycles. The fourth-order valence-corrected chi connectivity index (χ4v) is 4.17. The van der Waals surface area contributed by atoms with Crippen LogP contribution in [0.4, 0.5) is 10.1 Å². The summed E-state index contributed by atoms with van der Waals surface area (Å²) >= 11 is 2.37. The van der Waals surface area contributed by atoms with E-state index in [1.54, 1.807) is 14.2 Å². The van der Waals surface area contributed by atoms with Crippen molar-refractivity contribution in [3.8, 4) is 22.8 Å². The minimum Gasteiger partial charge on any atom is -0.497 e. The summed E-state index contributed by atoms with van der Waals surface area (Å²) in [6, 6.07) is 11.9. The van der Waals surface area contributed by atoms with Gasteiger partial charge in [0.25, 0.3) is 0 Å². The Balaban J connectivity index is 2.19. The molecule has 29 heavy (non-hydrogen) atoms.